The average Bonchev–Trinajstić information content (AvgIpc) is 2.89. The third-order valence-corrected chi connectivity index (χ3v) is 5.35. The largest absolute Gasteiger partial charge is 3.00 e. The van der Waals surface area contributed by atoms with Gasteiger partial charge in [0.05, 0.1) is 0 Å². The van der Waals surface area contributed by atoms with Crippen molar-refractivity contribution in [2.24, 2.45) is 0 Å². The summed E-state index contributed by atoms with van der Waals surface area (Å²) in [6.07, 6.45) is 5.44. The van der Waals surface area contributed by atoms with E-state index in [-0.39, 0.29) is 48.3 Å². The van der Waals surface area contributed by atoms with Crippen molar-refractivity contribution in [1.29, 1.82) is 0 Å². The molecule has 0 saturated heterocycles. The first-order valence-electron chi connectivity index (χ1n) is 12.7. The summed E-state index contributed by atoms with van der Waals surface area (Å²) in [4.78, 5) is 26.8. The summed E-state index contributed by atoms with van der Waals surface area (Å²) < 4.78 is 0. The van der Waals surface area contributed by atoms with E-state index in [9.17, 15) is 9.90 Å². The first kappa shape index (κ1) is 34.5. The number of nitrogens with zero attached hydrogens (tertiary/aromatic N) is 4. The third-order valence-electron chi connectivity index (χ3n) is 5.35. The van der Waals surface area contributed by atoms with Gasteiger partial charge >= 0.3 is 19.5 Å². The van der Waals surface area contributed by atoms with E-state index < -0.39 is 0 Å². The van der Waals surface area contributed by atoms with Gasteiger partial charge in [0.1, 0.15) is 5.78 Å². The predicted molar refractivity (Wildman–Crippen MR) is 154 cm³/mol. The van der Waals surface area contributed by atoms with Gasteiger partial charge in [0.15, 0.2) is 0 Å². The summed E-state index contributed by atoms with van der Waals surface area (Å²) in [6, 6.07) is 24.3. The van der Waals surface area contributed by atoms with E-state index in [1.54, 1.807) is 0 Å². The van der Waals surface area contributed by atoms with Gasteiger partial charge in [-0.2, -0.15) is 0 Å². The van der Waals surface area contributed by atoms with Crippen LogP contribution in [0.4, 0.5) is 0 Å². The molecule has 0 aliphatic heterocycles. The van der Waals surface area contributed by atoms with E-state index in [0.29, 0.717) is 0 Å². The Morgan fingerprint density at radius 1 is 0.725 bits per heavy atom. The van der Waals surface area contributed by atoms with Crippen LogP contribution in [0.5, 0.6) is 0 Å². The fraction of sp³-hybridized carbons (Fsp3) is 0.303. The van der Waals surface area contributed by atoms with Gasteiger partial charge in [0.2, 0.25) is 0 Å². The van der Waals surface area contributed by atoms with Crippen molar-refractivity contribution in [3.8, 4) is 22.5 Å². The number of hydrogen-bond donors (Lipinski definition) is 0. The number of carbonyl (C=O) groups is 1. The quantitative estimate of drug-likeness (QED) is 0.150. The fourth-order valence-electron chi connectivity index (χ4n) is 3.21. The number of allylic oxidation sites excluding steroid dienone is 1. The summed E-state index contributed by atoms with van der Waals surface area (Å²) in [5.74, 6) is -0.437. The summed E-state index contributed by atoms with van der Waals surface area (Å²) in [5.41, 5.74) is 6.16. The number of hydrogen-bond acceptors (Lipinski definition) is 6. The Morgan fingerprint density at radius 2 is 1.07 bits per heavy atom. The zero-order valence-electron chi connectivity index (χ0n) is 24.3. The molecule has 0 N–H and O–H groups in total. The van der Waals surface area contributed by atoms with Crippen molar-refractivity contribution in [1.82, 2.24) is 19.9 Å². The van der Waals surface area contributed by atoms with E-state index in [4.69, 9.17) is 0 Å². The zero-order chi connectivity index (χ0) is 29.1. The van der Waals surface area contributed by atoms with Gasteiger partial charge in [-0.05, 0) is 29.1 Å². The first-order valence-corrected chi connectivity index (χ1v) is 12.7. The van der Waals surface area contributed by atoms with Crippen LogP contribution < -0.4 is 5.11 Å². The Kier molecular flexibility index (Phi) is 13.7. The van der Waals surface area contributed by atoms with Crippen molar-refractivity contribution in [3.05, 3.63) is 109 Å². The van der Waals surface area contributed by atoms with Gasteiger partial charge in [-0.25, -0.2) is 0 Å². The molecule has 0 saturated carbocycles. The van der Waals surface area contributed by atoms with Crippen LogP contribution in [-0.2, 0) is 35.1 Å². The van der Waals surface area contributed by atoms with Crippen LogP contribution in [0.2, 0.25) is 0 Å². The SMILES string of the molecule is C=C([O-])CC(C)=O.CC(C)(C)c1cc(-c2ccccc2)n[c-]n1.CC(C)(C)c1cc(-c2ccccc2)n[c-]n1.[Ru+3]. The molecule has 0 spiro atoms. The van der Waals surface area contributed by atoms with Gasteiger partial charge in [-0.1, -0.05) is 125 Å². The van der Waals surface area contributed by atoms with Crippen molar-refractivity contribution in [3.63, 3.8) is 0 Å². The van der Waals surface area contributed by atoms with Crippen LogP contribution in [0.1, 0.15) is 66.3 Å². The Labute approximate surface area is 251 Å². The van der Waals surface area contributed by atoms with E-state index >= 15 is 0 Å². The minimum absolute atomic E-state index is 0. The van der Waals surface area contributed by atoms with E-state index in [1.165, 1.54) is 6.92 Å². The predicted octanol–water partition coefficient (Wildman–Crippen LogP) is 6.32. The number of aromatic nitrogens is 4. The topological polar surface area (TPSA) is 91.7 Å². The molecule has 0 aliphatic rings. The van der Waals surface area contributed by atoms with Gasteiger partial charge in [-0.15, -0.1) is 24.5 Å². The monoisotopic (exact) mass is 623 g/mol. The van der Waals surface area contributed by atoms with Crippen LogP contribution in [-0.4, -0.2) is 25.7 Å². The molecule has 209 valence electrons. The summed E-state index contributed by atoms with van der Waals surface area (Å²) in [6.45, 7) is 17.2. The molecule has 0 aliphatic carbocycles. The van der Waals surface area contributed by atoms with E-state index in [1.807, 2.05) is 72.8 Å². The minimum Gasteiger partial charge on any atom is -0.876 e. The Bertz CT molecular complexity index is 1240. The molecular formula is C33H37N4O2Ru. The molecule has 7 heteroatoms. The van der Waals surface area contributed by atoms with Crippen molar-refractivity contribution in [2.75, 3.05) is 0 Å². The molecule has 2 aromatic heterocycles. The second-order valence-electron chi connectivity index (χ2n) is 11.1. The number of benzene rings is 2. The third kappa shape index (κ3) is 12.1. The normalized spacial score (nSPS) is 10.6. The minimum atomic E-state index is -0.312. The molecule has 2 aromatic carbocycles. The van der Waals surface area contributed by atoms with Crippen molar-refractivity contribution in [2.45, 2.75) is 65.7 Å². The Balaban J connectivity index is 0.000000320. The molecule has 4 aromatic rings. The fourth-order valence-corrected chi connectivity index (χ4v) is 3.21. The number of carbonyl (C=O) groups excluding carboxylic acids is 1. The molecule has 0 amide bonds. The maximum atomic E-state index is 9.99. The second kappa shape index (κ2) is 15.9. The number of Topliss-reactive ketones (excluding diaryl/α,β-unsaturated/α-hetero) is 1. The Hall–Kier alpha value is -3.57. The summed E-state index contributed by atoms with van der Waals surface area (Å²) in [5, 5.41) is 9.92. The van der Waals surface area contributed by atoms with Crippen LogP contribution in [0, 0.1) is 12.7 Å². The van der Waals surface area contributed by atoms with E-state index in [2.05, 4.69) is 80.7 Å². The van der Waals surface area contributed by atoms with Crippen LogP contribution in [0.25, 0.3) is 22.5 Å². The molecular weight excluding hydrogens is 585 g/mol. The number of ketones is 1. The van der Waals surface area contributed by atoms with Crippen molar-refractivity contribution >= 4 is 5.78 Å². The number of rotatable bonds is 4. The van der Waals surface area contributed by atoms with Crippen LogP contribution >= 0.6 is 0 Å². The molecule has 1 radical (unpaired) electrons. The van der Waals surface area contributed by atoms with Crippen LogP contribution in [0.15, 0.2) is 85.1 Å². The standard InChI is InChI=1S/2C14H15N2.C5H8O2.Ru/c2*1-14(2,3)13-9-12(15-10-16-13)11-7-5-4-6-8-11;1-4(6)3-5(2)7;/h2*4-9H,1-3H3;6H,1,3H2,2H3;/q2*-1;;+3/p-1. The molecule has 0 unspecified atom stereocenters. The second-order valence-corrected chi connectivity index (χ2v) is 11.1. The Morgan fingerprint density at radius 3 is 1.32 bits per heavy atom. The maximum absolute atomic E-state index is 9.99. The molecule has 40 heavy (non-hydrogen) atoms. The summed E-state index contributed by atoms with van der Waals surface area (Å²) >= 11 is 0. The molecule has 2 heterocycles. The van der Waals surface area contributed by atoms with Gasteiger partial charge < -0.3 is 25.0 Å². The van der Waals surface area contributed by atoms with E-state index in [0.717, 1.165) is 33.9 Å². The summed E-state index contributed by atoms with van der Waals surface area (Å²) in [7, 11) is 0. The van der Waals surface area contributed by atoms with Gasteiger partial charge in [0.25, 0.3) is 0 Å². The van der Waals surface area contributed by atoms with Crippen molar-refractivity contribution < 1.29 is 29.4 Å². The molecule has 0 atom stereocenters. The average molecular weight is 623 g/mol. The maximum Gasteiger partial charge on any atom is 3.00 e. The zero-order valence-corrected chi connectivity index (χ0v) is 26.0. The smallest absolute Gasteiger partial charge is 0.876 e. The molecule has 6 nitrogen and oxygen atoms in total. The first-order chi connectivity index (χ1) is 18.3. The van der Waals surface area contributed by atoms with Gasteiger partial charge in [0, 0.05) is 19.1 Å². The molecule has 4 rings (SSSR count). The molecule has 0 bridgehead atoms. The van der Waals surface area contributed by atoms with Gasteiger partial charge in [-0.3, -0.25) is 4.79 Å². The molecule has 0 fully saturated rings. The van der Waals surface area contributed by atoms with Crippen LogP contribution in [0.3, 0.4) is 0 Å².